The molecule has 10 heteroatoms. The molecule has 4 rings (SSSR count). The first-order chi connectivity index (χ1) is 13.4. The van der Waals surface area contributed by atoms with Crippen LogP contribution in [0.4, 0.5) is 0 Å². The number of carbonyl (C=O) groups is 1. The van der Waals surface area contributed by atoms with Gasteiger partial charge >= 0.3 is 0 Å². The van der Waals surface area contributed by atoms with Crippen LogP contribution in [-0.2, 0) is 17.1 Å². The molecule has 0 fully saturated rings. The van der Waals surface area contributed by atoms with Crippen molar-refractivity contribution in [2.45, 2.75) is 10.1 Å². The number of nitrogens with zero attached hydrogens (tertiary/aromatic N) is 4. The third kappa shape index (κ3) is 3.19. The Balaban J connectivity index is 1.47. The number of carbonyl (C=O) groups excluding carboxylic acids is 1. The molecule has 7 nitrogen and oxygen atoms in total. The number of hydrogen-bond acceptors (Lipinski definition) is 6. The van der Waals surface area contributed by atoms with Crippen molar-refractivity contribution in [3.63, 3.8) is 0 Å². The smallest absolute Gasteiger partial charge is 0.269 e. The van der Waals surface area contributed by atoms with E-state index in [0.29, 0.717) is 21.8 Å². The fourth-order valence-electron chi connectivity index (χ4n) is 2.96. The number of benzene rings is 2. The predicted molar refractivity (Wildman–Crippen MR) is 107 cm³/mol. The Morgan fingerprint density at radius 3 is 2.50 bits per heavy atom. The molecule has 2 heterocycles. The van der Waals surface area contributed by atoms with E-state index in [0.717, 1.165) is 9.87 Å². The summed E-state index contributed by atoms with van der Waals surface area (Å²) >= 11 is 7.25. The van der Waals surface area contributed by atoms with Gasteiger partial charge in [0.2, 0.25) is 0 Å². The van der Waals surface area contributed by atoms with Crippen molar-refractivity contribution in [1.29, 1.82) is 0 Å². The number of fused-ring (bicyclic) bond motifs is 1. The van der Waals surface area contributed by atoms with E-state index in [9.17, 15) is 13.2 Å². The number of thioether (sulfide) groups is 1. The summed E-state index contributed by atoms with van der Waals surface area (Å²) in [4.78, 5) is 12.5. The van der Waals surface area contributed by atoms with Gasteiger partial charge in [-0.05, 0) is 36.4 Å². The molecule has 1 amide bonds. The Bertz CT molecular complexity index is 1160. The summed E-state index contributed by atoms with van der Waals surface area (Å²) in [5.74, 6) is 0.554. The van der Waals surface area contributed by atoms with Crippen LogP contribution < -0.4 is 0 Å². The van der Waals surface area contributed by atoms with Gasteiger partial charge in [-0.3, -0.25) is 4.79 Å². The Morgan fingerprint density at radius 2 is 1.79 bits per heavy atom. The maximum Gasteiger partial charge on any atom is 0.269 e. The number of halogens is 1. The Hall–Kier alpha value is -2.36. The van der Waals surface area contributed by atoms with Gasteiger partial charge in [-0.1, -0.05) is 35.5 Å². The maximum absolute atomic E-state index is 12.6. The molecule has 0 bridgehead atoms. The quantitative estimate of drug-likeness (QED) is 0.574. The molecule has 1 aromatic heterocycles. The monoisotopic (exact) mass is 434 g/mol. The lowest BCUT2D eigenvalue weighted by Crippen LogP contribution is -2.32. The highest BCUT2D eigenvalue weighted by Crippen LogP contribution is 2.30. The van der Waals surface area contributed by atoms with Gasteiger partial charge in [0, 0.05) is 29.9 Å². The molecule has 1 aliphatic heterocycles. The first-order valence-electron chi connectivity index (χ1n) is 8.34. The summed E-state index contributed by atoms with van der Waals surface area (Å²) in [5.41, 5.74) is 1.09. The largest absolute Gasteiger partial charge is 0.305 e. The van der Waals surface area contributed by atoms with E-state index in [2.05, 4.69) is 10.2 Å². The van der Waals surface area contributed by atoms with Crippen LogP contribution in [0.15, 0.2) is 58.6 Å². The van der Waals surface area contributed by atoms with Gasteiger partial charge in [0.05, 0.1) is 5.56 Å². The zero-order valence-electron chi connectivity index (χ0n) is 14.7. The molecule has 0 atom stereocenters. The van der Waals surface area contributed by atoms with Crippen LogP contribution in [0, 0.1) is 0 Å². The van der Waals surface area contributed by atoms with Gasteiger partial charge < -0.3 is 4.57 Å². The van der Waals surface area contributed by atoms with Gasteiger partial charge in [0.25, 0.3) is 15.9 Å². The van der Waals surface area contributed by atoms with Crippen LogP contribution in [0.5, 0.6) is 0 Å². The SMILES string of the molecule is Cn1c(SCCN2C(=O)c3ccccc3S2(=O)=O)nnc1-c1ccc(Cl)cc1. The second-order valence-corrected chi connectivity index (χ2v) is 9.43. The maximum atomic E-state index is 12.6. The molecular formula is C18H15ClN4O3S2. The van der Waals surface area contributed by atoms with E-state index in [1.807, 2.05) is 23.7 Å². The topological polar surface area (TPSA) is 85.2 Å². The van der Waals surface area contributed by atoms with Gasteiger partial charge in [-0.25, -0.2) is 12.7 Å². The number of hydrogen-bond donors (Lipinski definition) is 0. The van der Waals surface area contributed by atoms with Crippen LogP contribution in [0.25, 0.3) is 11.4 Å². The zero-order valence-corrected chi connectivity index (χ0v) is 17.1. The minimum Gasteiger partial charge on any atom is -0.305 e. The van der Waals surface area contributed by atoms with Crippen molar-refractivity contribution in [1.82, 2.24) is 19.1 Å². The molecule has 1 aliphatic rings. The number of amides is 1. The highest BCUT2D eigenvalue weighted by molar-refractivity contribution is 7.99. The molecule has 0 N–H and O–H groups in total. The lowest BCUT2D eigenvalue weighted by atomic mass is 10.2. The van der Waals surface area contributed by atoms with Crippen LogP contribution in [-0.4, -0.2) is 45.7 Å². The van der Waals surface area contributed by atoms with E-state index in [4.69, 9.17) is 11.6 Å². The summed E-state index contributed by atoms with van der Waals surface area (Å²) in [6.45, 7) is 0.0592. The first-order valence-corrected chi connectivity index (χ1v) is 11.1. The molecule has 0 unspecified atom stereocenters. The van der Waals surface area contributed by atoms with Crippen molar-refractivity contribution >= 4 is 39.3 Å². The molecule has 144 valence electrons. The lowest BCUT2D eigenvalue weighted by molar-refractivity contribution is 0.0876. The molecule has 0 spiro atoms. The summed E-state index contributed by atoms with van der Waals surface area (Å²) in [6.07, 6.45) is 0. The minimum absolute atomic E-state index is 0.0592. The molecule has 0 radical (unpaired) electrons. The van der Waals surface area contributed by atoms with E-state index in [-0.39, 0.29) is 17.0 Å². The highest BCUT2D eigenvalue weighted by atomic mass is 35.5. The molecule has 2 aromatic carbocycles. The standard InChI is InChI=1S/C18H15ClN4O3S2/c1-22-16(12-6-8-13(19)9-7-12)20-21-18(22)27-11-10-23-17(24)14-4-2-3-5-15(14)28(23,25)26/h2-9H,10-11H2,1H3. The third-order valence-corrected chi connectivity index (χ3v) is 7.47. The second kappa shape index (κ2) is 7.23. The summed E-state index contributed by atoms with van der Waals surface area (Å²) in [5, 5.41) is 9.62. The molecule has 0 saturated heterocycles. The number of aromatic nitrogens is 3. The lowest BCUT2D eigenvalue weighted by Gasteiger charge is -2.14. The van der Waals surface area contributed by atoms with Crippen molar-refractivity contribution < 1.29 is 13.2 Å². The third-order valence-electron chi connectivity index (χ3n) is 4.37. The van der Waals surface area contributed by atoms with Crippen LogP contribution >= 0.6 is 23.4 Å². The van der Waals surface area contributed by atoms with Gasteiger partial charge in [-0.15, -0.1) is 10.2 Å². The van der Waals surface area contributed by atoms with E-state index in [1.165, 1.54) is 23.9 Å². The molecule has 3 aromatic rings. The fraction of sp³-hybridized carbons (Fsp3) is 0.167. The highest BCUT2D eigenvalue weighted by Gasteiger charge is 2.40. The van der Waals surface area contributed by atoms with Gasteiger partial charge in [0.15, 0.2) is 11.0 Å². The van der Waals surface area contributed by atoms with Crippen molar-refractivity contribution in [2.24, 2.45) is 7.05 Å². The van der Waals surface area contributed by atoms with Crippen molar-refractivity contribution in [3.05, 3.63) is 59.1 Å². The van der Waals surface area contributed by atoms with Crippen LogP contribution in [0.3, 0.4) is 0 Å². The molecule has 0 saturated carbocycles. The average molecular weight is 435 g/mol. The molecular weight excluding hydrogens is 420 g/mol. The normalized spacial score (nSPS) is 15.1. The number of rotatable bonds is 5. The van der Waals surface area contributed by atoms with Crippen LogP contribution in [0.1, 0.15) is 10.4 Å². The molecule has 28 heavy (non-hydrogen) atoms. The van der Waals surface area contributed by atoms with E-state index < -0.39 is 15.9 Å². The zero-order chi connectivity index (χ0) is 19.9. The van der Waals surface area contributed by atoms with Crippen molar-refractivity contribution in [2.75, 3.05) is 12.3 Å². The number of sulfonamides is 1. The van der Waals surface area contributed by atoms with E-state index >= 15 is 0 Å². The van der Waals surface area contributed by atoms with Gasteiger partial charge in [0.1, 0.15) is 4.90 Å². The minimum atomic E-state index is -3.79. The Kier molecular flexibility index (Phi) is 4.90. The fourth-order valence-corrected chi connectivity index (χ4v) is 5.61. The summed E-state index contributed by atoms with van der Waals surface area (Å²) in [6, 6.07) is 13.5. The summed E-state index contributed by atoms with van der Waals surface area (Å²) in [7, 11) is -1.95. The van der Waals surface area contributed by atoms with Crippen molar-refractivity contribution in [3.8, 4) is 11.4 Å². The average Bonchev–Trinajstić information content (AvgIpc) is 3.14. The molecule has 0 aliphatic carbocycles. The van der Waals surface area contributed by atoms with Gasteiger partial charge in [-0.2, -0.15) is 0 Å². The van der Waals surface area contributed by atoms with E-state index in [1.54, 1.807) is 24.3 Å². The summed E-state index contributed by atoms with van der Waals surface area (Å²) < 4.78 is 27.9. The predicted octanol–water partition coefficient (Wildman–Crippen LogP) is 3.07. The second-order valence-electron chi connectivity index (χ2n) is 6.10. The Labute approximate surface area is 171 Å². The first kappa shape index (κ1) is 19.0. The Morgan fingerprint density at radius 1 is 1.07 bits per heavy atom. The van der Waals surface area contributed by atoms with Crippen LogP contribution in [0.2, 0.25) is 5.02 Å².